The zero-order valence-corrected chi connectivity index (χ0v) is 23.4. The van der Waals surface area contributed by atoms with Crippen LogP contribution >= 0.6 is 0 Å². The molecule has 0 aliphatic carbocycles. The number of methoxy groups -OCH3 is 1. The lowest BCUT2D eigenvalue weighted by atomic mass is 10.0. The molecule has 4 aromatic rings. The lowest BCUT2D eigenvalue weighted by molar-refractivity contribution is 0.161. The fourth-order valence-electron chi connectivity index (χ4n) is 4.59. The first-order valence-corrected chi connectivity index (χ1v) is 14.3. The Hall–Kier alpha value is -3.82. The maximum absolute atomic E-state index is 13.8. The molecule has 39 heavy (non-hydrogen) atoms. The molecule has 0 radical (unpaired) electrons. The molecule has 2 aromatic carbocycles. The second-order valence-corrected chi connectivity index (χ2v) is 11.8. The third kappa shape index (κ3) is 5.94. The summed E-state index contributed by atoms with van der Waals surface area (Å²) in [6, 6.07) is 16.8. The largest absolute Gasteiger partial charge is 0.493 e. The summed E-state index contributed by atoms with van der Waals surface area (Å²) < 4.78 is 34.5. The average Bonchev–Trinajstić information content (AvgIpc) is 2.91. The Morgan fingerprint density at radius 2 is 1.72 bits per heavy atom. The SMILES string of the molecule is COC[C@@H](c1ccccc1)n1c(CCC(C)C)nc(=O)c(S(=O)(=O)c2ccc(-c3ccncc3C)cc2)c1O. The summed E-state index contributed by atoms with van der Waals surface area (Å²) in [4.78, 5) is 20.7. The van der Waals surface area contributed by atoms with Crippen LogP contribution in [0.25, 0.3) is 11.1 Å². The summed E-state index contributed by atoms with van der Waals surface area (Å²) in [6.07, 6.45) is 4.48. The molecule has 0 unspecified atom stereocenters. The van der Waals surface area contributed by atoms with E-state index >= 15 is 0 Å². The van der Waals surface area contributed by atoms with Crippen molar-refractivity contribution in [2.45, 2.75) is 49.4 Å². The topological polar surface area (TPSA) is 111 Å². The van der Waals surface area contributed by atoms with E-state index in [1.165, 1.54) is 23.8 Å². The van der Waals surface area contributed by atoms with Crippen LogP contribution in [0.2, 0.25) is 0 Å². The molecule has 2 heterocycles. The van der Waals surface area contributed by atoms with Gasteiger partial charge >= 0.3 is 0 Å². The molecule has 0 saturated heterocycles. The van der Waals surface area contributed by atoms with E-state index in [1.807, 2.05) is 57.2 Å². The van der Waals surface area contributed by atoms with Gasteiger partial charge in [0, 0.05) is 25.9 Å². The first-order chi connectivity index (χ1) is 18.6. The number of pyridine rings is 1. The van der Waals surface area contributed by atoms with Gasteiger partial charge in [0.05, 0.1) is 17.5 Å². The van der Waals surface area contributed by atoms with Crippen LogP contribution in [0, 0.1) is 12.8 Å². The van der Waals surface area contributed by atoms with E-state index in [0.29, 0.717) is 24.6 Å². The summed E-state index contributed by atoms with van der Waals surface area (Å²) in [6.45, 7) is 6.14. The first-order valence-electron chi connectivity index (χ1n) is 12.8. The van der Waals surface area contributed by atoms with Crippen LogP contribution in [0.15, 0.2) is 87.6 Å². The van der Waals surface area contributed by atoms with Gasteiger partial charge in [-0.25, -0.2) is 8.42 Å². The zero-order valence-electron chi connectivity index (χ0n) is 22.5. The summed E-state index contributed by atoms with van der Waals surface area (Å²) >= 11 is 0. The van der Waals surface area contributed by atoms with Crippen LogP contribution in [0.1, 0.15) is 43.3 Å². The third-order valence-electron chi connectivity index (χ3n) is 6.66. The molecule has 1 N–H and O–H groups in total. The maximum Gasteiger partial charge on any atom is 0.296 e. The minimum atomic E-state index is -4.41. The van der Waals surface area contributed by atoms with Crippen molar-refractivity contribution in [2.24, 2.45) is 5.92 Å². The number of ether oxygens (including phenoxy) is 1. The minimum absolute atomic E-state index is 0.114. The minimum Gasteiger partial charge on any atom is -0.493 e. The normalized spacial score (nSPS) is 12.5. The van der Waals surface area contributed by atoms with Crippen molar-refractivity contribution in [1.82, 2.24) is 14.5 Å². The fourth-order valence-corrected chi connectivity index (χ4v) is 5.93. The Morgan fingerprint density at radius 3 is 2.33 bits per heavy atom. The van der Waals surface area contributed by atoms with Crippen molar-refractivity contribution in [2.75, 3.05) is 13.7 Å². The van der Waals surface area contributed by atoms with Gasteiger partial charge in [-0.1, -0.05) is 56.3 Å². The van der Waals surface area contributed by atoms with Gasteiger partial charge in [0.2, 0.25) is 15.7 Å². The molecule has 1 atom stereocenters. The fraction of sp³-hybridized carbons (Fsp3) is 0.300. The molecule has 0 aliphatic rings. The predicted octanol–water partition coefficient (Wildman–Crippen LogP) is 4.98. The molecule has 9 heteroatoms. The molecule has 4 rings (SSSR count). The second kappa shape index (κ2) is 11.9. The van der Waals surface area contributed by atoms with Crippen molar-refractivity contribution < 1.29 is 18.3 Å². The van der Waals surface area contributed by atoms with E-state index in [0.717, 1.165) is 22.3 Å². The highest BCUT2D eigenvalue weighted by Crippen LogP contribution is 2.33. The van der Waals surface area contributed by atoms with Crippen LogP contribution in [0.3, 0.4) is 0 Å². The molecular weight excluding hydrogens is 514 g/mol. The Balaban J connectivity index is 1.88. The van der Waals surface area contributed by atoms with Gasteiger partial charge < -0.3 is 9.84 Å². The van der Waals surface area contributed by atoms with Crippen LogP contribution in [-0.4, -0.2) is 41.8 Å². The Morgan fingerprint density at radius 1 is 1.03 bits per heavy atom. The summed E-state index contributed by atoms with van der Waals surface area (Å²) in [7, 11) is -2.88. The molecule has 204 valence electrons. The van der Waals surface area contributed by atoms with Gasteiger partial charge in [0.25, 0.3) is 5.56 Å². The predicted molar refractivity (Wildman–Crippen MR) is 150 cm³/mol. The van der Waals surface area contributed by atoms with Crippen LogP contribution in [0.4, 0.5) is 0 Å². The molecule has 0 saturated carbocycles. The lowest BCUT2D eigenvalue weighted by Gasteiger charge is -2.26. The first kappa shape index (κ1) is 28.2. The number of nitrogens with zero attached hydrogens (tertiary/aromatic N) is 3. The van der Waals surface area contributed by atoms with Crippen molar-refractivity contribution >= 4 is 9.84 Å². The third-order valence-corrected chi connectivity index (χ3v) is 8.45. The van der Waals surface area contributed by atoms with Crippen molar-refractivity contribution in [3.05, 3.63) is 100 Å². The molecule has 0 bridgehead atoms. The van der Waals surface area contributed by atoms with E-state index in [4.69, 9.17) is 4.74 Å². The quantitative estimate of drug-likeness (QED) is 0.298. The number of aromatic hydroxyl groups is 1. The van der Waals surface area contributed by atoms with E-state index in [1.54, 1.807) is 24.5 Å². The monoisotopic (exact) mass is 547 g/mol. The van der Waals surface area contributed by atoms with Gasteiger partial charge in [0.15, 0.2) is 4.90 Å². The van der Waals surface area contributed by atoms with Gasteiger partial charge in [-0.05, 0) is 59.7 Å². The standard InChI is InChI=1S/C30H33N3O5S/c1-20(2)10-15-27-32-29(34)28(30(35)33(27)26(19-38-4)23-8-6-5-7-9-23)39(36,37)24-13-11-22(12-14-24)25-16-17-31-18-21(25)3/h5-9,11-14,16-18,20,26,35H,10,15,19H2,1-4H3/t26-/m0/s1. The van der Waals surface area contributed by atoms with Crippen molar-refractivity contribution in [3.8, 4) is 17.0 Å². The number of aryl methyl sites for hydroxylation is 2. The van der Waals surface area contributed by atoms with Crippen molar-refractivity contribution in [3.63, 3.8) is 0 Å². The molecule has 8 nitrogen and oxygen atoms in total. The van der Waals surface area contributed by atoms with Crippen molar-refractivity contribution in [1.29, 1.82) is 0 Å². The van der Waals surface area contributed by atoms with Crippen LogP contribution in [-0.2, 0) is 21.0 Å². The van der Waals surface area contributed by atoms with Gasteiger partial charge in [-0.2, -0.15) is 4.98 Å². The maximum atomic E-state index is 13.8. The summed E-state index contributed by atoms with van der Waals surface area (Å²) in [5.74, 6) is -0.0330. The lowest BCUT2D eigenvalue weighted by Crippen LogP contribution is -2.29. The molecule has 0 aliphatic heterocycles. The molecule has 2 aromatic heterocycles. The Kier molecular flexibility index (Phi) is 8.62. The second-order valence-electron chi connectivity index (χ2n) is 9.89. The van der Waals surface area contributed by atoms with Gasteiger partial charge in [-0.3, -0.25) is 14.3 Å². The van der Waals surface area contributed by atoms with Crippen LogP contribution in [0.5, 0.6) is 5.88 Å². The number of aromatic nitrogens is 3. The Bertz CT molecular complexity index is 1600. The highest BCUT2D eigenvalue weighted by atomic mass is 32.2. The number of hydrogen-bond donors (Lipinski definition) is 1. The van der Waals surface area contributed by atoms with E-state index in [-0.39, 0.29) is 11.5 Å². The highest BCUT2D eigenvalue weighted by molar-refractivity contribution is 7.91. The average molecular weight is 548 g/mol. The number of rotatable bonds is 10. The summed E-state index contributed by atoms with van der Waals surface area (Å²) in [5.41, 5.74) is 2.47. The highest BCUT2D eigenvalue weighted by Gasteiger charge is 2.32. The summed E-state index contributed by atoms with van der Waals surface area (Å²) in [5, 5.41) is 11.5. The molecule has 0 amide bonds. The molecule has 0 fully saturated rings. The van der Waals surface area contributed by atoms with Gasteiger partial charge in [0.1, 0.15) is 5.82 Å². The van der Waals surface area contributed by atoms with Crippen LogP contribution < -0.4 is 5.56 Å². The smallest absolute Gasteiger partial charge is 0.296 e. The zero-order chi connectivity index (χ0) is 28.2. The number of hydrogen-bond acceptors (Lipinski definition) is 7. The number of sulfone groups is 1. The Labute approximate surface area is 228 Å². The number of benzene rings is 2. The van der Waals surface area contributed by atoms with E-state index < -0.39 is 32.2 Å². The molecule has 0 spiro atoms. The molecular formula is C30H33N3O5S. The van der Waals surface area contributed by atoms with E-state index in [9.17, 15) is 18.3 Å². The van der Waals surface area contributed by atoms with Gasteiger partial charge in [-0.15, -0.1) is 0 Å². The van der Waals surface area contributed by atoms with E-state index in [2.05, 4.69) is 9.97 Å².